The SMILES string of the molecule is CCc1nc2ccc(Cl)cn2c1C(=O)Nc1ccc(OC)c(OC)c1. The van der Waals surface area contributed by atoms with E-state index < -0.39 is 0 Å². The summed E-state index contributed by atoms with van der Waals surface area (Å²) in [5.74, 6) is 0.868. The van der Waals surface area contributed by atoms with Gasteiger partial charge < -0.3 is 14.8 Å². The molecule has 25 heavy (non-hydrogen) atoms. The van der Waals surface area contributed by atoms with Gasteiger partial charge in [0.25, 0.3) is 5.91 Å². The fraction of sp³-hybridized carbons (Fsp3) is 0.222. The van der Waals surface area contributed by atoms with Crippen LogP contribution in [0.15, 0.2) is 36.5 Å². The number of anilines is 1. The highest BCUT2D eigenvalue weighted by molar-refractivity contribution is 6.30. The van der Waals surface area contributed by atoms with Crippen LogP contribution in [0, 0.1) is 0 Å². The smallest absolute Gasteiger partial charge is 0.274 e. The molecule has 1 amide bonds. The van der Waals surface area contributed by atoms with E-state index in [-0.39, 0.29) is 5.91 Å². The maximum Gasteiger partial charge on any atom is 0.274 e. The number of ether oxygens (including phenoxy) is 2. The topological polar surface area (TPSA) is 64.9 Å². The summed E-state index contributed by atoms with van der Waals surface area (Å²) in [5.41, 5.74) is 2.45. The van der Waals surface area contributed by atoms with Gasteiger partial charge in [0.2, 0.25) is 0 Å². The van der Waals surface area contributed by atoms with Crippen LogP contribution in [0.3, 0.4) is 0 Å². The van der Waals surface area contributed by atoms with Gasteiger partial charge >= 0.3 is 0 Å². The lowest BCUT2D eigenvalue weighted by Crippen LogP contribution is -2.16. The van der Waals surface area contributed by atoms with Gasteiger partial charge in [-0.25, -0.2) is 4.98 Å². The van der Waals surface area contributed by atoms with E-state index in [0.717, 1.165) is 0 Å². The molecule has 2 aromatic heterocycles. The standard InChI is InChI=1S/C18H18ClN3O3/c1-4-13-17(22-10-11(19)5-8-16(22)21-13)18(23)20-12-6-7-14(24-2)15(9-12)25-3/h5-10H,4H2,1-3H3,(H,20,23). The second-order valence-electron chi connectivity index (χ2n) is 5.36. The quantitative estimate of drug-likeness (QED) is 0.752. The lowest BCUT2D eigenvalue weighted by Gasteiger charge is -2.11. The maximum absolute atomic E-state index is 12.8. The average molecular weight is 360 g/mol. The van der Waals surface area contributed by atoms with Crippen molar-refractivity contribution in [2.75, 3.05) is 19.5 Å². The number of carbonyl (C=O) groups excluding carboxylic acids is 1. The summed E-state index contributed by atoms with van der Waals surface area (Å²) in [4.78, 5) is 17.3. The molecule has 2 heterocycles. The first-order valence-corrected chi connectivity index (χ1v) is 8.15. The van der Waals surface area contributed by atoms with E-state index in [2.05, 4.69) is 10.3 Å². The van der Waals surface area contributed by atoms with Crippen molar-refractivity contribution >= 4 is 28.8 Å². The Balaban J connectivity index is 1.99. The van der Waals surface area contributed by atoms with Gasteiger partial charge in [0.15, 0.2) is 11.5 Å². The second kappa shape index (κ2) is 7.03. The van der Waals surface area contributed by atoms with Crippen molar-refractivity contribution in [2.24, 2.45) is 0 Å². The van der Waals surface area contributed by atoms with Crippen LogP contribution in [-0.2, 0) is 6.42 Å². The molecule has 0 radical (unpaired) electrons. The van der Waals surface area contributed by atoms with E-state index in [1.807, 2.05) is 6.92 Å². The minimum atomic E-state index is -0.265. The number of halogens is 1. The van der Waals surface area contributed by atoms with E-state index in [0.29, 0.717) is 45.7 Å². The number of nitrogens with zero attached hydrogens (tertiary/aromatic N) is 2. The van der Waals surface area contributed by atoms with E-state index in [1.165, 1.54) is 0 Å². The number of aryl methyl sites for hydroxylation is 1. The normalized spacial score (nSPS) is 10.7. The zero-order valence-corrected chi connectivity index (χ0v) is 14.9. The number of nitrogens with one attached hydrogen (secondary N) is 1. The molecule has 3 rings (SSSR count). The van der Waals surface area contributed by atoms with Gasteiger partial charge in [-0.1, -0.05) is 18.5 Å². The van der Waals surface area contributed by atoms with Crippen LogP contribution in [0.5, 0.6) is 11.5 Å². The molecule has 0 atom stereocenters. The van der Waals surface area contributed by atoms with Crippen LogP contribution < -0.4 is 14.8 Å². The maximum atomic E-state index is 12.8. The molecule has 130 valence electrons. The van der Waals surface area contributed by atoms with Crippen LogP contribution >= 0.6 is 11.6 Å². The number of fused-ring (bicyclic) bond motifs is 1. The highest BCUT2D eigenvalue weighted by atomic mass is 35.5. The number of carbonyl (C=O) groups is 1. The Morgan fingerprint density at radius 2 is 1.96 bits per heavy atom. The molecular formula is C18H18ClN3O3. The summed E-state index contributed by atoms with van der Waals surface area (Å²) in [6, 6.07) is 8.73. The lowest BCUT2D eigenvalue weighted by atomic mass is 10.2. The number of rotatable bonds is 5. The van der Waals surface area contributed by atoms with Gasteiger partial charge in [-0.2, -0.15) is 0 Å². The van der Waals surface area contributed by atoms with Gasteiger partial charge in [0.05, 0.1) is 24.9 Å². The Hall–Kier alpha value is -2.73. The van der Waals surface area contributed by atoms with E-state index in [9.17, 15) is 4.79 Å². The Labute approximate surface area is 150 Å². The van der Waals surface area contributed by atoms with Crippen LogP contribution in [0.1, 0.15) is 23.1 Å². The highest BCUT2D eigenvalue weighted by Crippen LogP contribution is 2.30. The molecular weight excluding hydrogens is 342 g/mol. The number of hydrogen-bond acceptors (Lipinski definition) is 4. The van der Waals surface area contributed by atoms with E-state index >= 15 is 0 Å². The molecule has 0 aliphatic heterocycles. The first kappa shape index (κ1) is 17.1. The number of methoxy groups -OCH3 is 2. The predicted molar refractivity (Wildman–Crippen MR) is 97.1 cm³/mol. The first-order valence-electron chi connectivity index (χ1n) is 7.77. The number of benzene rings is 1. The zero-order valence-electron chi connectivity index (χ0n) is 14.2. The molecule has 0 aliphatic rings. The molecule has 0 saturated heterocycles. The summed E-state index contributed by atoms with van der Waals surface area (Å²) in [6.07, 6.45) is 2.32. The summed E-state index contributed by atoms with van der Waals surface area (Å²) in [6.45, 7) is 1.95. The number of amides is 1. The summed E-state index contributed by atoms with van der Waals surface area (Å²) >= 11 is 6.07. The fourth-order valence-corrected chi connectivity index (χ4v) is 2.82. The average Bonchev–Trinajstić information content (AvgIpc) is 2.99. The molecule has 0 fully saturated rings. The molecule has 1 N–H and O–H groups in total. The molecule has 0 saturated carbocycles. The molecule has 0 unspecified atom stereocenters. The van der Waals surface area contributed by atoms with Gasteiger partial charge in [-0.05, 0) is 30.7 Å². The summed E-state index contributed by atoms with van der Waals surface area (Å²) in [5, 5.41) is 3.41. The van der Waals surface area contributed by atoms with E-state index in [4.69, 9.17) is 21.1 Å². The molecule has 0 bridgehead atoms. The van der Waals surface area contributed by atoms with Crippen LogP contribution in [0.25, 0.3) is 5.65 Å². The van der Waals surface area contributed by atoms with Crippen LogP contribution in [-0.4, -0.2) is 29.5 Å². The Morgan fingerprint density at radius 3 is 2.64 bits per heavy atom. The summed E-state index contributed by atoms with van der Waals surface area (Å²) < 4.78 is 12.2. The molecule has 0 spiro atoms. The van der Waals surface area contributed by atoms with Gasteiger partial charge in [-0.15, -0.1) is 0 Å². The van der Waals surface area contributed by atoms with Gasteiger partial charge in [0.1, 0.15) is 11.3 Å². The Bertz CT molecular complexity index is 937. The molecule has 6 nitrogen and oxygen atoms in total. The highest BCUT2D eigenvalue weighted by Gasteiger charge is 2.19. The van der Waals surface area contributed by atoms with Crippen molar-refractivity contribution in [2.45, 2.75) is 13.3 Å². The minimum absolute atomic E-state index is 0.265. The Morgan fingerprint density at radius 1 is 1.20 bits per heavy atom. The summed E-state index contributed by atoms with van der Waals surface area (Å²) in [7, 11) is 3.11. The fourth-order valence-electron chi connectivity index (χ4n) is 2.66. The number of imidazole rings is 1. The van der Waals surface area contributed by atoms with Crippen LogP contribution in [0.4, 0.5) is 5.69 Å². The third kappa shape index (κ3) is 3.25. The van der Waals surface area contributed by atoms with Crippen molar-refractivity contribution < 1.29 is 14.3 Å². The van der Waals surface area contributed by atoms with Crippen LogP contribution in [0.2, 0.25) is 5.02 Å². The Kier molecular flexibility index (Phi) is 4.81. The van der Waals surface area contributed by atoms with Crippen molar-refractivity contribution in [3.05, 3.63) is 52.9 Å². The molecule has 0 aliphatic carbocycles. The van der Waals surface area contributed by atoms with Gasteiger partial charge in [-0.3, -0.25) is 9.20 Å². The van der Waals surface area contributed by atoms with E-state index in [1.54, 1.807) is 55.1 Å². The van der Waals surface area contributed by atoms with Crippen molar-refractivity contribution in [3.8, 4) is 11.5 Å². The zero-order chi connectivity index (χ0) is 18.0. The predicted octanol–water partition coefficient (Wildman–Crippen LogP) is 3.82. The third-order valence-corrected chi connectivity index (χ3v) is 4.07. The lowest BCUT2D eigenvalue weighted by molar-refractivity contribution is 0.102. The molecule has 7 heteroatoms. The largest absolute Gasteiger partial charge is 0.493 e. The van der Waals surface area contributed by atoms with Crippen molar-refractivity contribution in [1.82, 2.24) is 9.38 Å². The number of hydrogen-bond donors (Lipinski definition) is 1. The molecule has 1 aromatic carbocycles. The number of pyridine rings is 1. The second-order valence-corrected chi connectivity index (χ2v) is 5.80. The van der Waals surface area contributed by atoms with Gasteiger partial charge in [0, 0.05) is 18.0 Å². The van der Waals surface area contributed by atoms with Crippen molar-refractivity contribution in [3.63, 3.8) is 0 Å². The third-order valence-electron chi connectivity index (χ3n) is 3.85. The minimum Gasteiger partial charge on any atom is -0.493 e. The number of aromatic nitrogens is 2. The van der Waals surface area contributed by atoms with Crippen molar-refractivity contribution in [1.29, 1.82) is 0 Å². The first-order chi connectivity index (χ1) is 12.1. The monoisotopic (exact) mass is 359 g/mol. The molecule has 3 aromatic rings.